The maximum absolute atomic E-state index is 0. The predicted molar refractivity (Wildman–Crippen MR) is 27.2 cm³/mol. The molecule has 0 bridgehead atoms. The fourth-order valence-corrected chi connectivity index (χ4v) is 0. The summed E-state index contributed by atoms with van der Waals surface area (Å²) in [5.41, 5.74) is 0. The Kier molecular flexibility index (Phi) is 153. The standard InChI is InChI=1S/Al.3Li.3H. The molecule has 0 spiro atoms. The molecule has 9 valence electrons. The summed E-state index contributed by atoms with van der Waals surface area (Å²) in [5.74, 6) is 0. The molecule has 0 rings (SSSR count). The van der Waals surface area contributed by atoms with Gasteiger partial charge in [-0.05, 0) is 0 Å². The van der Waals surface area contributed by atoms with E-state index in [4.69, 9.17) is 0 Å². The van der Waals surface area contributed by atoms with Crippen LogP contribution in [0.4, 0.5) is 0 Å². The van der Waals surface area contributed by atoms with E-state index in [1.54, 1.807) is 0 Å². The average Bonchev–Trinajstić information content (AvgIpc) is 0. The summed E-state index contributed by atoms with van der Waals surface area (Å²) < 4.78 is 0. The van der Waals surface area contributed by atoms with Crippen LogP contribution in [0.3, 0.4) is 0 Å². The smallest absolute Gasteiger partial charge is 0 e. The van der Waals surface area contributed by atoms with E-state index in [0.717, 1.165) is 0 Å². The van der Waals surface area contributed by atoms with Gasteiger partial charge in [-0.25, -0.2) is 0 Å². The van der Waals surface area contributed by atoms with Gasteiger partial charge in [0.05, 0.1) is 0 Å². The molecule has 0 atom stereocenters. The molecule has 0 aromatic heterocycles. The van der Waals surface area contributed by atoms with E-state index in [0.29, 0.717) is 0 Å². The zero-order valence-electron chi connectivity index (χ0n) is 3.00. The van der Waals surface area contributed by atoms with Crippen molar-refractivity contribution in [2.24, 2.45) is 0 Å². The van der Waals surface area contributed by atoms with E-state index in [-0.39, 0.29) is 73.9 Å². The fourth-order valence-electron chi connectivity index (χ4n) is 0. The molecule has 0 aromatic carbocycles. The van der Waals surface area contributed by atoms with Gasteiger partial charge < -0.3 is 0 Å². The molecule has 4 heteroatoms. The molecule has 0 nitrogen and oxygen atoms in total. The molecule has 0 amide bonds. The van der Waals surface area contributed by atoms with Gasteiger partial charge in [-0.15, -0.1) is 0 Å². The van der Waals surface area contributed by atoms with Crippen LogP contribution in [0.15, 0.2) is 0 Å². The second-order valence-electron chi connectivity index (χ2n) is 0. The quantitative estimate of drug-likeness (QED) is 0.271. The Morgan fingerprint density at radius 3 is 0.500 bits per heavy atom. The first-order valence-corrected chi connectivity index (χ1v) is 0. The van der Waals surface area contributed by atoms with Gasteiger partial charge in [-0.1, -0.05) is 0 Å². The third-order valence-electron chi connectivity index (χ3n) is 0. The minimum absolute atomic E-state index is 0. The molecule has 0 saturated carbocycles. The van der Waals surface area contributed by atoms with E-state index >= 15 is 0 Å². The second kappa shape index (κ2) is 18.4. The minimum atomic E-state index is 0. The van der Waals surface area contributed by atoms with Crippen LogP contribution in [-0.4, -0.2) is 73.9 Å². The average molecular weight is 50.8 g/mol. The maximum Gasteiger partial charge on any atom is 0.187 e. The molecule has 0 unspecified atom stereocenters. The Balaban J connectivity index is 0. The Labute approximate surface area is 73.1 Å². The molecule has 4 heavy (non-hydrogen) atoms. The first-order chi connectivity index (χ1) is 0. The van der Waals surface area contributed by atoms with E-state index in [2.05, 4.69) is 0 Å². The first kappa shape index (κ1) is 33.2. The van der Waals surface area contributed by atoms with Crippen molar-refractivity contribution in [3.63, 3.8) is 0 Å². The first-order valence-electron chi connectivity index (χ1n) is 0. The van der Waals surface area contributed by atoms with E-state index in [1.807, 2.05) is 0 Å². The molecule has 0 fully saturated rings. The summed E-state index contributed by atoms with van der Waals surface area (Å²) >= 11 is 0. The van der Waals surface area contributed by atoms with Gasteiger partial charge in [0.25, 0.3) is 0 Å². The molecule has 0 aromatic rings. The van der Waals surface area contributed by atoms with Crippen LogP contribution in [0.2, 0.25) is 0 Å². The Bertz CT molecular complexity index is 3.25. The van der Waals surface area contributed by atoms with E-state index in [1.165, 1.54) is 0 Å². The molecule has 0 aliphatic carbocycles. The summed E-state index contributed by atoms with van der Waals surface area (Å²) in [6, 6.07) is 0. The monoisotopic (exact) mass is 51.1 g/mol. The molecule has 3 radical (unpaired) electrons. The van der Waals surface area contributed by atoms with Gasteiger partial charge in [-0.2, -0.15) is 0 Å². The third kappa shape index (κ3) is 8.85. The van der Waals surface area contributed by atoms with Crippen LogP contribution >= 0.6 is 0 Å². The van der Waals surface area contributed by atoms with Crippen LogP contribution in [0.5, 0.6) is 0 Å². The molecule has 0 aliphatic rings. The Morgan fingerprint density at radius 1 is 0.500 bits per heavy atom. The van der Waals surface area contributed by atoms with Gasteiger partial charge in [0.2, 0.25) is 0 Å². The summed E-state index contributed by atoms with van der Waals surface area (Å²) in [6.07, 6.45) is 0. The van der Waals surface area contributed by atoms with Crippen LogP contribution in [0.1, 0.15) is 0 Å². The van der Waals surface area contributed by atoms with Gasteiger partial charge >= 0.3 is 0 Å². The molecule has 0 saturated heterocycles. The van der Waals surface area contributed by atoms with Crippen molar-refractivity contribution in [2.45, 2.75) is 0 Å². The van der Waals surface area contributed by atoms with Gasteiger partial charge in [0, 0.05) is 56.6 Å². The minimum Gasteiger partial charge on any atom is 0 e. The normalized spacial score (nSPS) is 0. The van der Waals surface area contributed by atoms with Crippen LogP contribution in [0.25, 0.3) is 0 Å². The topological polar surface area (TPSA) is 0 Å². The van der Waals surface area contributed by atoms with Gasteiger partial charge in [-0.3, -0.25) is 0 Å². The van der Waals surface area contributed by atoms with Crippen molar-refractivity contribution in [1.82, 2.24) is 0 Å². The zero-order chi connectivity index (χ0) is 0. The maximum atomic E-state index is 0. The molecule has 0 heterocycles. The van der Waals surface area contributed by atoms with Crippen molar-refractivity contribution >= 4 is 73.9 Å². The SMILES string of the molecule is [AlH3].[Li].[Li].[Li]. The Morgan fingerprint density at radius 2 is 0.500 bits per heavy atom. The van der Waals surface area contributed by atoms with Crippen molar-refractivity contribution in [3.05, 3.63) is 0 Å². The molecule has 0 N–H and O–H groups in total. The number of hydrogen-bond donors (Lipinski definition) is 0. The second-order valence-corrected chi connectivity index (χ2v) is 0. The molecule has 0 aliphatic heterocycles. The molecular formula is H3AlLi3. The van der Waals surface area contributed by atoms with Crippen molar-refractivity contribution in [3.8, 4) is 0 Å². The summed E-state index contributed by atoms with van der Waals surface area (Å²) in [4.78, 5) is 0. The number of hydrogen-bond acceptors (Lipinski definition) is 0. The predicted octanol–water partition coefficient (Wildman–Crippen LogP) is -2.33. The fraction of sp³-hybridized carbons (Fsp3) is 0. The zero-order valence-corrected chi connectivity index (χ0v) is 3.00. The van der Waals surface area contributed by atoms with E-state index < -0.39 is 0 Å². The number of rotatable bonds is 0. The van der Waals surface area contributed by atoms with Crippen molar-refractivity contribution in [2.75, 3.05) is 0 Å². The third-order valence-corrected chi connectivity index (χ3v) is 0. The van der Waals surface area contributed by atoms with Crippen molar-refractivity contribution in [1.29, 1.82) is 0 Å². The summed E-state index contributed by atoms with van der Waals surface area (Å²) in [6.45, 7) is 0. The molecular weight excluding hydrogens is 47.8 g/mol. The van der Waals surface area contributed by atoms with Gasteiger partial charge in [0.1, 0.15) is 0 Å². The van der Waals surface area contributed by atoms with Gasteiger partial charge in [0.15, 0.2) is 17.4 Å². The Hall–Kier alpha value is 2.32. The van der Waals surface area contributed by atoms with E-state index in [9.17, 15) is 0 Å². The van der Waals surface area contributed by atoms with Crippen LogP contribution in [-0.2, 0) is 0 Å². The van der Waals surface area contributed by atoms with Crippen molar-refractivity contribution < 1.29 is 0 Å². The summed E-state index contributed by atoms with van der Waals surface area (Å²) in [7, 11) is 0. The summed E-state index contributed by atoms with van der Waals surface area (Å²) in [5, 5.41) is 0. The van der Waals surface area contributed by atoms with Crippen LogP contribution < -0.4 is 0 Å². The van der Waals surface area contributed by atoms with Crippen LogP contribution in [0, 0.1) is 0 Å². The largest absolute Gasteiger partial charge is 0.187 e.